The minimum absolute atomic E-state index is 0.529. The average Bonchev–Trinajstić information content (AvgIpc) is 2.84. The SMILES string of the molecule is CCNC1CCc2c(-c3cccnc3)cccc21. The second kappa shape index (κ2) is 4.91. The van der Waals surface area contributed by atoms with Gasteiger partial charge in [-0.2, -0.15) is 0 Å². The molecule has 1 aromatic heterocycles. The van der Waals surface area contributed by atoms with Gasteiger partial charge in [0.1, 0.15) is 0 Å². The van der Waals surface area contributed by atoms with E-state index in [9.17, 15) is 0 Å². The Morgan fingerprint density at radius 2 is 2.22 bits per heavy atom. The van der Waals surface area contributed by atoms with Crippen LogP contribution in [0.4, 0.5) is 0 Å². The molecular weight excluding hydrogens is 220 g/mol. The molecule has 1 N–H and O–H groups in total. The Morgan fingerprint density at radius 3 is 3.00 bits per heavy atom. The van der Waals surface area contributed by atoms with Gasteiger partial charge in [0.15, 0.2) is 0 Å². The molecule has 2 aromatic rings. The van der Waals surface area contributed by atoms with E-state index in [4.69, 9.17) is 0 Å². The van der Waals surface area contributed by atoms with E-state index in [2.05, 4.69) is 41.5 Å². The fraction of sp³-hybridized carbons (Fsp3) is 0.312. The number of rotatable bonds is 3. The Kier molecular flexibility index (Phi) is 3.11. The first-order valence-electron chi connectivity index (χ1n) is 6.65. The fourth-order valence-electron chi connectivity index (χ4n) is 2.91. The molecule has 0 amide bonds. The number of benzene rings is 1. The second-order valence-corrected chi connectivity index (χ2v) is 4.76. The summed E-state index contributed by atoms with van der Waals surface area (Å²) >= 11 is 0. The van der Waals surface area contributed by atoms with Crippen LogP contribution in [0.25, 0.3) is 11.1 Å². The third kappa shape index (κ3) is 1.93. The Labute approximate surface area is 108 Å². The van der Waals surface area contributed by atoms with Crippen LogP contribution in [0.5, 0.6) is 0 Å². The predicted molar refractivity (Wildman–Crippen MR) is 74.4 cm³/mol. The lowest BCUT2D eigenvalue weighted by atomic mass is 9.97. The van der Waals surface area contributed by atoms with Crippen molar-refractivity contribution in [1.82, 2.24) is 10.3 Å². The van der Waals surface area contributed by atoms with Crippen LogP contribution in [0.15, 0.2) is 42.7 Å². The van der Waals surface area contributed by atoms with Gasteiger partial charge >= 0.3 is 0 Å². The molecule has 3 rings (SSSR count). The molecule has 1 aliphatic carbocycles. The van der Waals surface area contributed by atoms with Crippen molar-refractivity contribution in [1.29, 1.82) is 0 Å². The number of hydrogen-bond acceptors (Lipinski definition) is 2. The summed E-state index contributed by atoms with van der Waals surface area (Å²) < 4.78 is 0. The molecule has 1 atom stereocenters. The lowest BCUT2D eigenvalue weighted by molar-refractivity contribution is 0.549. The second-order valence-electron chi connectivity index (χ2n) is 4.76. The number of hydrogen-bond donors (Lipinski definition) is 1. The van der Waals surface area contributed by atoms with Crippen molar-refractivity contribution >= 4 is 0 Å². The van der Waals surface area contributed by atoms with E-state index in [0.717, 1.165) is 13.0 Å². The molecular formula is C16H18N2. The first-order valence-corrected chi connectivity index (χ1v) is 6.65. The van der Waals surface area contributed by atoms with E-state index >= 15 is 0 Å². The van der Waals surface area contributed by atoms with Gasteiger partial charge in [-0.1, -0.05) is 31.2 Å². The Balaban J connectivity index is 2.04. The summed E-state index contributed by atoms with van der Waals surface area (Å²) in [7, 11) is 0. The van der Waals surface area contributed by atoms with E-state index in [0.29, 0.717) is 6.04 Å². The number of nitrogens with zero attached hydrogens (tertiary/aromatic N) is 1. The third-order valence-corrected chi connectivity index (χ3v) is 3.69. The summed E-state index contributed by atoms with van der Waals surface area (Å²) in [5.41, 5.74) is 5.54. The van der Waals surface area contributed by atoms with Crippen molar-refractivity contribution in [2.24, 2.45) is 0 Å². The zero-order valence-corrected chi connectivity index (χ0v) is 10.7. The maximum Gasteiger partial charge on any atom is 0.0346 e. The highest BCUT2D eigenvalue weighted by atomic mass is 14.9. The highest BCUT2D eigenvalue weighted by molar-refractivity contribution is 5.69. The molecule has 1 aliphatic rings. The quantitative estimate of drug-likeness (QED) is 0.887. The lowest BCUT2D eigenvalue weighted by Crippen LogP contribution is -2.18. The summed E-state index contributed by atoms with van der Waals surface area (Å²) in [6.07, 6.45) is 6.16. The molecule has 2 nitrogen and oxygen atoms in total. The molecule has 0 spiro atoms. The van der Waals surface area contributed by atoms with Gasteiger partial charge in [-0.25, -0.2) is 0 Å². The number of pyridine rings is 1. The van der Waals surface area contributed by atoms with E-state index < -0.39 is 0 Å². The van der Waals surface area contributed by atoms with Crippen molar-refractivity contribution in [3.8, 4) is 11.1 Å². The van der Waals surface area contributed by atoms with Gasteiger partial charge in [-0.15, -0.1) is 0 Å². The summed E-state index contributed by atoms with van der Waals surface area (Å²) in [5.74, 6) is 0. The molecule has 0 aliphatic heterocycles. The Bertz CT molecular complexity index is 534. The molecule has 92 valence electrons. The van der Waals surface area contributed by atoms with E-state index in [1.165, 1.54) is 28.7 Å². The molecule has 18 heavy (non-hydrogen) atoms. The summed E-state index contributed by atoms with van der Waals surface area (Å²) in [6, 6.07) is 11.3. The normalized spacial score (nSPS) is 17.7. The monoisotopic (exact) mass is 238 g/mol. The minimum atomic E-state index is 0.529. The number of nitrogens with one attached hydrogen (secondary N) is 1. The van der Waals surface area contributed by atoms with Crippen molar-refractivity contribution in [3.63, 3.8) is 0 Å². The minimum Gasteiger partial charge on any atom is -0.310 e. The van der Waals surface area contributed by atoms with Crippen molar-refractivity contribution in [3.05, 3.63) is 53.9 Å². The maximum atomic E-state index is 4.23. The number of aromatic nitrogens is 1. The first kappa shape index (κ1) is 11.4. The maximum absolute atomic E-state index is 4.23. The van der Waals surface area contributed by atoms with Crippen LogP contribution in [-0.2, 0) is 6.42 Å². The first-order chi connectivity index (χ1) is 8.90. The number of fused-ring (bicyclic) bond motifs is 1. The zero-order chi connectivity index (χ0) is 12.4. The fourth-order valence-corrected chi connectivity index (χ4v) is 2.91. The van der Waals surface area contributed by atoms with Crippen molar-refractivity contribution < 1.29 is 0 Å². The highest BCUT2D eigenvalue weighted by Gasteiger charge is 2.23. The van der Waals surface area contributed by atoms with Crippen LogP contribution in [0.1, 0.15) is 30.5 Å². The molecule has 0 radical (unpaired) electrons. The standard InChI is InChI=1S/C16H18N2/c1-2-18-16-9-8-14-13(6-3-7-15(14)16)12-5-4-10-17-11-12/h3-7,10-11,16,18H,2,8-9H2,1H3. The zero-order valence-electron chi connectivity index (χ0n) is 10.7. The van der Waals surface area contributed by atoms with Crippen LogP contribution in [0.2, 0.25) is 0 Å². The van der Waals surface area contributed by atoms with Crippen LogP contribution < -0.4 is 5.32 Å². The molecule has 0 saturated carbocycles. The van der Waals surface area contributed by atoms with E-state index in [-0.39, 0.29) is 0 Å². The van der Waals surface area contributed by atoms with Gasteiger partial charge in [0.2, 0.25) is 0 Å². The van der Waals surface area contributed by atoms with Crippen molar-refractivity contribution in [2.75, 3.05) is 6.54 Å². The van der Waals surface area contributed by atoms with Gasteiger partial charge in [0.25, 0.3) is 0 Å². The molecule has 1 heterocycles. The molecule has 0 bridgehead atoms. The summed E-state index contributed by atoms with van der Waals surface area (Å²) in [5, 5.41) is 3.56. The molecule has 1 unspecified atom stereocenters. The largest absolute Gasteiger partial charge is 0.310 e. The molecule has 0 fully saturated rings. The Morgan fingerprint density at radius 1 is 1.28 bits per heavy atom. The van der Waals surface area contributed by atoms with Gasteiger partial charge < -0.3 is 5.32 Å². The van der Waals surface area contributed by atoms with Crippen LogP contribution in [0, 0.1) is 0 Å². The average molecular weight is 238 g/mol. The lowest BCUT2D eigenvalue weighted by Gasteiger charge is -2.13. The van der Waals surface area contributed by atoms with Crippen LogP contribution in [-0.4, -0.2) is 11.5 Å². The van der Waals surface area contributed by atoms with Gasteiger partial charge in [-0.05, 0) is 42.1 Å². The molecule has 2 heteroatoms. The molecule has 0 saturated heterocycles. The van der Waals surface area contributed by atoms with Gasteiger partial charge in [0, 0.05) is 24.0 Å². The predicted octanol–water partition coefficient (Wildman–Crippen LogP) is 3.35. The Hall–Kier alpha value is -1.67. The van der Waals surface area contributed by atoms with Crippen LogP contribution in [0.3, 0.4) is 0 Å². The van der Waals surface area contributed by atoms with Crippen LogP contribution >= 0.6 is 0 Å². The van der Waals surface area contributed by atoms with Gasteiger partial charge in [-0.3, -0.25) is 4.98 Å². The third-order valence-electron chi connectivity index (χ3n) is 3.69. The van der Waals surface area contributed by atoms with Gasteiger partial charge in [0.05, 0.1) is 0 Å². The summed E-state index contributed by atoms with van der Waals surface area (Å²) in [4.78, 5) is 4.23. The smallest absolute Gasteiger partial charge is 0.0346 e. The van der Waals surface area contributed by atoms with Crippen molar-refractivity contribution in [2.45, 2.75) is 25.8 Å². The molecule has 1 aromatic carbocycles. The topological polar surface area (TPSA) is 24.9 Å². The summed E-state index contributed by atoms with van der Waals surface area (Å²) in [6.45, 7) is 3.20. The van der Waals surface area contributed by atoms with E-state index in [1.807, 2.05) is 18.5 Å². The highest BCUT2D eigenvalue weighted by Crippen LogP contribution is 2.37. The van der Waals surface area contributed by atoms with E-state index in [1.54, 1.807) is 0 Å².